The number of nitrogens with one attached hydrogen (secondary N) is 2. The van der Waals surface area contributed by atoms with Crippen LogP contribution in [0, 0.1) is 0 Å². The zero-order valence-electron chi connectivity index (χ0n) is 30.9. The van der Waals surface area contributed by atoms with Gasteiger partial charge in [0.25, 0.3) is 11.5 Å². The van der Waals surface area contributed by atoms with Gasteiger partial charge in [-0.2, -0.15) is 0 Å². The molecular weight excluding hydrogens is 638 g/mol. The third kappa shape index (κ3) is 12.9. The van der Waals surface area contributed by atoms with Gasteiger partial charge in [0, 0.05) is 30.1 Å². The fraction of sp³-hybridized carbons (Fsp3) is 0.262. The van der Waals surface area contributed by atoms with Gasteiger partial charge in [0.05, 0.1) is 12.7 Å². The van der Waals surface area contributed by atoms with E-state index in [1.54, 1.807) is 42.5 Å². The number of hydrogen-bond acceptors (Lipinski definition) is 7. The summed E-state index contributed by atoms with van der Waals surface area (Å²) in [6.07, 6.45) is 16.0. The zero-order valence-corrected chi connectivity index (χ0v) is 30.9. The number of aromatic nitrogens is 3. The van der Waals surface area contributed by atoms with E-state index in [4.69, 9.17) is 4.74 Å². The molecule has 0 aliphatic rings. The molecule has 1 unspecified atom stereocenters. The molecule has 0 saturated carbocycles. The first kappa shape index (κ1) is 41.5. The van der Waals surface area contributed by atoms with Gasteiger partial charge in [-0.1, -0.05) is 88.4 Å². The van der Waals surface area contributed by atoms with Crippen molar-refractivity contribution in [2.24, 2.45) is 0 Å². The molecule has 9 nitrogen and oxygen atoms in total. The standard InChI is InChI=1S/C26H23N3O4.C14H22N2.C2H6/c1-3-5-9-19(4-2)24-27-18-23(26(32)29(24)16-17-30)28-25(31)20-12-14-22(15-13-20)33-21-10-7-6-8-11-21;1-5-12(3)14-6-7-16-10-13(14)8-11(2)9-15-4;1-2/h3-15,17-18H,2,16H2,1H3,(H,28,31);6-8,10,12,15H,5,9H2,1-4H3;1-2H3/b5-3-,19-9+;11-8+;. The Balaban J connectivity index is 0.000000420. The number of aldehydes is 1. The average molecular weight is 690 g/mol. The summed E-state index contributed by atoms with van der Waals surface area (Å²) in [6.45, 7) is 16.9. The van der Waals surface area contributed by atoms with Gasteiger partial charge in [-0.15, -0.1) is 0 Å². The van der Waals surface area contributed by atoms with Crippen molar-refractivity contribution in [2.75, 3.05) is 18.9 Å². The second-order valence-corrected chi connectivity index (χ2v) is 11.2. The van der Waals surface area contributed by atoms with E-state index in [1.807, 2.05) is 76.6 Å². The fourth-order valence-corrected chi connectivity index (χ4v) is 4.78. The quantitative estimate of drug-likeness (QED) is 0.100. The summed E-state index contributed by atoms with van der Waals surface area (Å²) < 4.78 is 6.91. The van der Waals surface area contributed by atoms with E-state index >= 15 is 0 Å². The van der Waals surface area contributed by atoms with Gasteiger partial charge in [0.1, 0.15) is 29.3 Å². The van der Waals surface area contributed by atoms with E-state index in [1.165, 1.54) is 27.5 Å². The Morgan fingerprint density at radius 1 is 1.04 bits per heavy atom. The summed E-state index contributed by atoms with van der Waals surface area (Å²) >= 11 is 0. The van der Waals surface area contributed by atoms with Gasteiger partial charge >= 0.3 is 0 Å². The van der Waals surface area contributed by atoms with Gasteiger partial charge in [-0.25, -0.2) is 4.98 Å². The molecule has 268 valence electrons. The Kier molecular flexibility index (Phi) is 18.6. The van der Waals surface area contributed by atoms with Crippen LogP contribution in [0.1, 0.15) is 81.2 Å². The van der Waals surface area contributed by atoms with E-state index in [0.29, 0.717) is 34.8 Å². The molecule has 0 spiro atoms. The van der Waals surface area contributed by atoms with Gasteiger partial charge < -0.3 is 20.2 Å². The van der Waals surface area contributed by atoms with Crippen molar-refractivity contribution in [3.8, 4) is 11.5 Å². The molecule has 0 bridgehead atoms. The highest BCUT2D eigenvalue weighted by molar-refractivity contribution is 6.04. The first-order valence-corrected chi connectivity index (χ1v) is 17.1. The molecule has 2 aromatic carbocycles. The number of ether oxygens (including phenoxy) is 1. The molecule has 4 rings (SSSR count). The highest BCUT2D eigenvalue weighted by Gasteiger charge is 2.15. The van der Waals surface area contributed by atoms with Crippen LogP contribution in [0.15, 0.2) is 121 Å². The van der Waals surface area contributed by atoms with E-state index in [2.05, 4.69) is 60.1 Å². The van der Waals surface area contributed by atoms with Crippen LogP contribution in [0.4, 0.5) is 5.69 Å². The number of allylic oxidation sites excluding steroid dienone is 5. The van der Waals surface area contributed by atoms with Gasteiger partial charge in [-0.05, 0) is 86.8 Å². The number of para-hydroxylation sites is 1. The van der Waals surface area contributed by atoms with Gasteiger partial charge in [0.15, 0.2) is 0 Å². The Hall–Kier alpha value is -5.67. The number of amides is 1. The van der Waals surface area contributed by atoms with E-state index in [9.17, 15) is 14.4 Å². The van der Waals surface area contributed by atoms with E-state index < -0.39 is 11.5 Å². The van der Waals surface area contributed by atoms with Crippen molar-refractivity contribution in [3.05, 3.63) is 149 Å². The average Bonchev–Trinajstić information content (AvgIpc) is 3.16. The lowest BCUT2D eigenvalue weighted by molar-refractivity contribution is -0.108. The molecule has 2 aromatic heterocycles. The molecular formula is C42H51N5O4. The predicted octanol–water partition coefficient (Wildman–Crippen LogP) is 8.88. The van der Waals surface area contributed by atoms with Crippen LogP contribution in [0.2, 0.25) is 0 Å². The maximum Gasteiger partial charge on any atom is 0.277 e. The predicted molar refractivity (Wildman–Crippen MR) is 210 cm³/mol. The van der Waals surface area contributed by atoms with Crippen molar-refractivity contribution < 1.29 is 14.3 Å². The number of anilines is 1. The van der Waals surface area contributed by atoms with Crippen molar-refractivity contribution >= 4 is 29.5 Å². The van der Waals surface area contributed by atoms with Crippen LogP contribution in [-0.4, -0.2) is 40.3 Å². The van der Waals surface area contributed by atoms with Crippen molar-refractivity contribution in [1.82, 2.24) is 19.9 Å². The maximum absolute atomic E-state index is 12.9. The fourth-order valence-electron chi connectivity index (χ4n) is 4.78. The normalized spacial score (nSPS) is 11.7. The molecule has 0 fully saturated rings. The SMILES string of the molecule is C=C/C(=C\C=C/C)c1ncc(NC(=O)c2ccc(Oc3ccccc3)cc2)c(=O)n1CC=O.CC.CCC(C)c1ccncc1/C=C(\C)CNC. The molecule has 1 amide bonds. The lowest BCUT2D eigenvalue weighted by Crippen LogP contribution is -2.29. The van der Waals surface area contributed by atoms with E-state index in [0.717, 1.165) is 13.0 Å². The molecule has 1 atom stereocenters. The van der Waals surface area contributed by atoms with Gasteiger partial charge in [-0.3, -0.25) is 19.1 Å². The number of rotatable bonds is 14. The lowest BCUT2D eigenvalue weighted by atomic mass is 9.94. The Morgan fingerprint density at radius 2 is 1.73 bits per heavy atom. The molecule has 9 heteroatoms. The number of benzene rings is 2. The minimum atomic E-state index is -0.544. The first-order valence-electron chi connectivity index (χ1n) is 17.1. The number of nitrogens with zero attached hydrogens (tertiary/aromatic N) is 3. The van der Waals surface area contributed by atoms with Crippen LogP contribution < -0.4 is 20.9 Å². The second-order valence-electron chi connectivity index (χ2n) is 11.2. The largest absolute Gasteiger partial charge is 0.457 e. The van der Waals surface area contributed by atoms with Crippen LogP contribution in [0.3, 0.4) is 0 Å². The summed E-state index contributed by atoms with van der Waals surface area (Å²) in [6, 6.07) is 17.9. The third-order valence-electron chi connectivity index (χ3n) is 7.48. The van der Waals surface area contributed by atoms with Crippen LogP contribution in [-0.2, 0) is 11.3 Å². The Bertz CT molecular complexity index is 1840. The molecule has 2 N–H and O–H groups in total. The zero-order chi connectivity index (χ0) is 37.6. The summed E-state index contributed by atoms with van der Waals surface area (Å²) in [5.74, 6) is 1.64. The van der Waals surface area contributed by atoms with Gasteiger partial charge in [0.2, 0.25) is 0 Å². The number of likely N-dealkylation sites (N-methyl/N-ethyl adjacent to an activating group) is 1. The minimum Gasteiger partial charge on any atom is -0.457 e. The summed E-state index contributed by atoms with van der Waals surface area (Å²) in [4.78, 5) is 45.3. The molecule has 0 aliphatic carbocycles. The molecule has 0 saturated heterocycles. The van der Waals surface area contributed by atoms with Crippen molar-refractivity contribution in [1.29, 1.82) is 0 Å². The monoisotopic (exact) mass is 689 g/mol. The topological polar surface area (TPSA) is 115 Å². The maximum atomic E-state index is 12.9. The third-order valence-corrected chi connectivity index (χ3v) is 7.48. The van der Waals surface area contributed by atoms with E-state index in [-0.39, 0.29) is 18.1 Å². The number of pyridine rings is 1. The highest BCUT2D eigenvalue weighted by Crippen LogP contribution is 2.24. The lowest BCUT2D eigenvalue weighted by Gasteiger charge is -2.13. The van der Waals surface area contributed by atoms with Crippen LogP contribution >= 0.6 is 0 Å². The van der Waals surface area contributed by atoms with Crippen LogP contribution in [0.25, 0.3) is 11.6 Å². The number of carbonyl (C=O) groups is 2. The molecule has 51 heavy (non-hydrogen) atoms. The molecule has 4 aromatic rings. The molecule has 0 radical (unpaired) electrons. The second kappa shape index (κ2) is 22.9. The van der Waals surface area contributed by atoms with Crippen molar-refractivity contribution in [3.63, 3.8) is 0 Å². The van der Waals surface area contributed by atoms with Crippen molar-refractivity contribution in [2.45, 2.75) is 60.4 Å². The summed E-state index contributed by atoms with van der Waals surface area (Å²) in [5.41, 5.74) is 4.31. The number of carbonyl (C=O) groups excluding carboxylic acids is 2. The Labute approximate surface area is 302 Å². The summed E-state index contributed by atoms with van der Waals surface area (Å²) in [5, 5.41) is 5.73. The van der Waals surface area contributed by atoms with Crippen LogP contribution in [0.5, 0.6) is 11.5 Å². The molecule has 0 aliphatic heterocycles. The highest BCUT2D eigenvalue weighted by atomic mass is 16.5. The summed E-state index contributed by atoms with van der Waals surface area (Å²) in [7, 11) is 1.97. The number of hydrogen-bond donors (Lipinski definition) is 2. The first-order chi connectivity index (χ1) is 24.8. The minimum absolute atomic E-state index is 0.0374. The molecule has 2 heterocycles. The Morgan fingerprint density at radius 3 is 2.33 bits per heavy atom. The smallest absolute Gasteiger partial charge is 0.277 e.